The highest BCUT2D eigenvalue weighted by Crippen LogP contribution is 2.48. The summed E-state index contributed by atoms with van der Waals surface area (Å²) in [6.07, 6.45) is 6.50. The Bertz CT molecular complexity index is 336. The predicted octanol–water partition coefficient (Wildman–Crippen LogP) is 1.79. The van der Waals surface area contributed by atoms with E-state index in [1.54, 1.807) is 17.1 Å². The average molecular weight is 178 g/mol. The molecule has 0 aliphatic heterocycles. The van der Waals surface area contributed by atoms with Crippen LogP contribution in [0, 0.1) is 5.41 Å². The van der Waals surface area contributed by atoms with Crippen molar-refractivity contribution in [2.24, 2.45) is 12.5 Å². The Labute approximate surface area is 77.7 Å². The first-order chi connectivity index (χ1) is 6.09. The molecule has 0 N–H and O–H groups in total. The quantitative estimate of drug-likeness (QED) is 0.661. The topological polar surface area (TPSA) is 34.9 Å². The van der Waals surface area contributed by atoms with Crippen LogP contribution in [0.4, 0.5) is 0 Å². The Balaban J connectivity index is 2.05. The van der Waals surface area contributed by atoms with E-state index in [0.717, 1.165) is 5.56 Å². The van der Waals surface area contributed by atoms with Gasteiger partial charge in [-0.3, -0.25) is 9.48 Å². The molecule has 3 heteroatoms. The van der Waals surface area contributed by atoms with Crippen molar-refractivity contribution in [3.63, 3.8) is 0 Å². The van der Waals surface area contributed by atoms with Gasteiger partial charge in [-0.05, 0) is 18.3 Å². The molecule has 1 aromatic rings. The molecule has 1 aliphatic rings. The molecule has 1 heterocycles. The van der Waals surface area contributed by atoms with Gasteiger partial charge >= 0.3 is 0 Å². The number of carbonyl (C=O) groups excluding carboxylic acids is 1. The molecule has 0 unspecified atom stereocenters. The van der Waals surface area contributed by atoms with E-state index >= 15 is 0 Å². The van der Waals surface area contributed by atoms with Gasteiger partial charge in [-0.1, -0.05) is 6.92 Å². The normalized spacial score (nSPS) is 18.6. The molecule has 3 nitrogen and oxygen atoms in total. The lowest BCUT2D eigenvalue weighted by atomic mass is 9.99. The number of rotatable bonds is 3. The molecule has 1 fully saturated rings. The summed E-state index contributed by atoms with van der Waals surface area (Å²) >= 11 is 0. The Morgan fingerprint density at radius 2 is 2.38 bits per heavy atom. The maximum Gasteiger partial charge on any atom is 0.166 e. The second-order valence-electron chi connectivity index (χ2n) is 4.31. The number of aromatic nitrogens is 2. The molecule has 1 aliphatic carbocycles. The molecule has 13 heavy (non-hydrogen) atoms. The van der Waals surface area contributed by atoms with Crippen LogP contribution in [-0.2, 0) is 7.05 Å². The summed E-state index contributed by atoms with van der Waals surface area (Å²) in [4.78, 5) is 11.7. The number of nitrogens with zero attached hydrogens (tertiary/aromatic N) is 2. The number of carbonyl (C=O) groups is 1. The fraction of sp³-hybridized carbons (Fsp3) is 0.600. The van der Waals surface area contributed by atoms with Gasteiger partial charge in [0.15, 0.2) is 5.78 Å². The summed E-state index contributed by atoms with van der Waals surface area (Å²) in [5.74, 6) is 0.230. The highest BCUT2D eigenvalue weighted by Gasteiger charge is 2.39. The predicted molar refractivity (Wildman–Crippen MR) is 49.5 cm³/mol. The third-order valence-electron chi connectivity index (χ3n) is 2.72. The highest BCUT2D eigenvalue weighted by atomic mass is 16.1. The monoisotopic (exact) mass is 178 g/mol. The van der Waals surface area contributed by atoms with Crippen LogP contribution in [0.15, 0.2) is 12.4 Å². The Morgan fingerprint density at radius 3 is 2.85 bits per heavy atom. The van der Waals surface area contributed by atoms with Crippen molar-refractivity contribution in [3.8, 4) is 0 Å². The van der Waals surface area contributed by atoms with Crippen LogP contribution in [0.1, 0.15) is 36.5 Å². The van der Waals surface area contributed by atoms with Gasteiger partial charge in [0.05, 0.1) is 11.8 Å². The molecular formula is C10H14N2O. The van der Waals surface area contributed by atoms with E-state index in [4.69, 9.17) is 0 Å². The first kappa shape index (κ1) is 8.48. The fourth-order valence-electron chi connectivity index (χ4n) is 1.45. The number of ketones is 1. The van der Waals surface area contributed by atoms with Crippen molar-refractivity contribution in [3.05, 3.63) is 18.0 Å². The summed E-state index contributed by atoms with van der Waals surface area (Å²) in [7, 11) is 1.83. The molecule has 0 radical (unpaired) electrons. The van der Waals surface area contributed by atoms with Gasteiger partial charge in [0.2, 0.25) is 0 Å². The average Bonchev–Trinajstić information content (AvgIpc) is 2.62. The van der Waals surface area contributed by atoms with Gasteiger partial charge in [0.1, 0.15) is 0 Å². The van der Waals surface area contributed by atoms with Gasteiger partial charge in [-0.15, -0.1) is 0 Å². The highest BCUT2D eigenvalue weighted by molar-refractivity contribution is 5.96. The van der Waals surface area contributed by atoms with E-state index in [1.807, 2.05) is 7.05 Å². The molecule has 0 atom stereocenters. The zero-order chi connectivity index (χ0) is 9.47. The lowest BCUT2D eigenvalue weighted by Gasteiger charge is -2.03. The minimum absolute atomic E-state index is 0.230. The maximum atomic E-state index is 11.7. The number of hydrogen-bond donors (Lipinski definition) is 0. The van der Waals surface area contributed by atoms with Gasteiger partial charge < -0.3 is 0 Å². The largest absolute Gasteiger partial charge is 0.294 e. The Kier molecular flexibility index (Phi) is 1.75. The smallest absolute Gasteiger partial charge is 0.166 e. The van der Waals surface area contributed by atoms with Crippen molar-refractivity contribution in [1.82, 2.24) is 9.78 Å². The molecule has 2 rings (SSSR count). The Hall–Kier alpha value is -1.12. The van der Waals surface area contributed by atoms with Crippen LogP contribution in [0.3, 0.4) is 0 Å². The van der Waals surface area contributed by atoms with Gasteiger partial charge in [-0.25, -0.2) is 0 Å². The van der Waals surface area contributed by atoms with E-state index in [-0.39, 0.29) is 5.78 Å². The van der Waals surface area contributed by atoms with Gasteiger partial charge in [-0.2, -0.15) is 5.10 Å². The van der Waals surface area contributed by atoms with Crippen molar-refractivity contribution in [2.75, 3.05) is 0 Å². The summed E-state index contributed by atoms with van der Waals surface area (Å²) in [6, 6.07) is 0. The molecule has 0 aromatic carbocycles. The minimum atomic E-state index is 0.230. The van der Waals surface area contributed by atoms with Crippen molar-refractivity contribution >= 4 is 5.78 Å². The van der Waals surface area contributed by atoms with E-state index in [1.165, 1.54) is 12.8 Å². The summed E-state index contributed by atoms with van der Waals surface area (Å²) < 4.78 is 1.67. The summed E-state index contributed by atoms with van der Waals surface area (Å²) in [5.41, 5.74) is 1.04. The zero-order valence-electron chi connectivity index (χ0n) is 8.08. The van der Waals surface area contributed by atoms with E-state index in [9.17, 15) is 4.79 Å². The maximum absolute atomic E-state index is 11.7. The second-order valence-corrected chi connectivity index (χ2v) is 4.31. The third-order valence-corrected chi connectivity index (χ3v) is 2.72. The zero-order valence-corrected chi connectivity index (χ0v) is 8.08. The first-order valence-electron chi connectivity index (χ1n) is 4.61. The van der Waals surface area contributed by atoms with E-state index in [2.05, 4.69) is 12.0 Å². The fourth-order valence-corrected chi connectivity index (χ4v) is 1.45. The molecule has 1 aromatic heterocycles. The standard InChI is InChI=1S/C10H14N2O/c1-10(3-4-10)5-9(13)8-6-11-12(2)7-8/h6-7H,3-5H2,1-2H3. The van der Waals surface area contributed by atoms with Crippen molar-refractivity contribution < 1.29 is 4.79 Å². The van der Waals surface area contributed by atoms with Crippen molar-refractivity contribution in [1.29, 1.82) is 0 Å². The van der Waals surface area contributed by atoms with Crippen molar-refractivity contribution in [2.45, 2.75) is 26.2 Å². The summed E-state index contributed by atoms with van der Waals surface area (Å²) in [5, 5.41) is 3.98. The summed E-state index contributed by atoms with van der Waals surface area (Å²) in [6.45, 7) is 2.17. The van der Waals surface area contributed by atoms with E-state index < -0.39 is 0 Å². The Morgan fingerprint density at radius 1 is 1.69 bits per heavy atom. The van der Waals surface area contributed by atoms with Crippen LogP contribution in [0.5, 0.6) is 0 Å². The van der Waals surface area contributed by atoms with Crippen LogP contribution in [-0.4, -0.2) is 15.6 Å². The number of hydrogen-bond acceptors (Lipinski definition) is 2. The molecule has 0 saturated heterocycles. The van der Waals surface area contributed by atoms with E-state index in [0.29, 0.717) is 11.8 Å². The van der Waals surface area contributed by atoms with Crippen LogP contribution >= 0.6 is 0 Å². The SMILES string of the molecule is Cn1cc(C(=O)CC2(C)CC2)cn1. The molecular weight excluding hydrogens is 164 g/mol. The second kappa shape index (κ2) is 2.69. The van der Waals surface area contributed by atoms with Crippen LogP contribution in [0.25, 0.3) is 0 Å². The van der Waals surface area contributed by atoms with Gasteiger partial charge in [0.25, 0.3) is 0 Å². The first-order valence-corrected chi connectivity index (χ1v) is 4.61. The molecule has 70 valence electrons. The van der Waals surface area contributed by atoms with Gasteiger partial charge in [0, 0.05) is 19.7 Å². The van der Waals surface area contributed by atoms with Crippen LogP contribution in [0.2, 0.25) is 0 Å². The minimum Gasteiger partial charge on any atom is -0.294 e. The lowest BCUT2D eigenvalue weighted by Crippen LogP contribution is -2.05. The molecule has 0 amide bonds. The molecule has 1 saturated carbocycles. The third kappa shape index (κ3) is 1.79. The van der Waals surface area contributed by atoms with Crippen LogP contribution < -0.4 is 0 Å². The molecule has 0 spiro atoms. The number of aryl methyl sites for hydroxylation is 1. The lowest BCUT2D eigenvalue weighted by molar-refractivity contribution is 0.0959. The molecule has 0 bridgehead atoms. The number of Topliss-reactive ketones (excluding diaryl/α,β-unsaturated/α-hetero) is 1.